The van der Waals surface area contributed by atoms with Crippen molar-refractivity contribution in [1.29, 1.82) is 0 Å². The van der Waals surface area contributed by atoms with E-state index >= 15 is 0 Å². The van der Waals surface area contributed by atoms with E-state index in [1.165, 1.54) is 33.7 Å². The van der Waals surface area contributed by atoms with Gasteiger partial charge in [0.15, 0.2) is 11.4 Å². The Bertz CT molecular complexity index is 1000. The highest BCUT2D eigenvalue weighted by Crippen LogP contribution is 2.23. The molecule has 2 amide bonds. The number of aromatic nitrogens is 1. The van der Waals surface area contributed by atoms with Crippen LogP contribution in [-0.2, 0) is 13.1 Å². The van der Waals surface area contributed by atoms with Crippen molar-refractivity contribution in [1.82, 2.24) is 14.8 Å². The fraction of sp³-hybridized carbons (Fsp3) is 0.350. The molecule has 0 fully saturated rings. The number of aliphatic hydroxyl groups is 1. The smallest absolute Gasteiger partial charge is 0.276 e. The zero-order valence-electron chi connectivity index (χ0n) is 16.1. The minimum Gasteiger partial charge on any atom is -0.503 e. The Morgan fingerprint density at radius 2 is 1.93 bits per heavy atom. The van der Waals surface area contributed by atoms with Crippen LogP contribution in [0, 0.1) is 11.7 Å². The maximum absolute atomic E-state index is 13.0. The summed E-state index contributed by atoms with van der Waals surface area (Å²) in [6, 6.07) is 5.48. The molecule has 1 unspecified atom stereocenters. The van der Waals surface area contributed by atoms with E-state index in [0.29, 0.717) is 5.56 Å². The molecule has 8 nitrogen and oxygen atoms in total. The molecule has 0 saturated carbocycles. The van der Waals surface area contributed by atoms with Gasteiger partial charge in [0.1, 0.15) is 17.6 Å². The topological polar surface area (TPSA) is 112 Å². The fourth-order valence-electron chi connectivity index (χ4n) is 3.20. The van der Waals surface area contributed by atoms with Crippen molar-refractivity contribution in [3.05, 3.63) is 63.3 Å². The maximum Gasteiger partial charge on any atom is 0.276 e. The van der Waals surface area contributed by atoms with E-state index in [1.54, 1.807) is 0 Å². The predicted octanol–water partition coefficient (Wildman–Crippen LogP) is 1.05. The highest BCUT2D eigenvalue weighted by atomic mass is 19.1. The number of hydrogen-bond donors (Lipinski definition) is 3. The molecule has 154 valence electrons. The monoisotopic (exact) mass is 403 g/mol. The van der Waals surface area contributed by atoms with Crippen molar-refractivity contribution in [2.75, 3.05) is 6.54 Å². The maximum atomic E-state index is 13.0. The number of hydrogen-bond acceptors (Lipinski definition) is 5. The lowest BCUT2D eigenvalue weighted by atomic mass is 10.1. The summed E-state index contributed by atoms with van der Waals surface area (Å²) in [6.45, 7) is 3.96. The van der Waals surface area contributed by atoms with Gasteiger partial charge in [-0.15, -0.1) is 0 Å². The van der Waals surface area contributed by atoms with Crippen LogP contribution in [0.4, 0.5) is 4.39 Å². The van der Waals surface area contributed by atoms with E-state index < -0.39 is 35.0 Å². The second-order valence-corrected chi connectivity index (χ2v) is 7.36. The third-order valence-electron chi connectivity index (χ3n) is 4.61. The van der Waals surface area contributed by atoms with Crippen LogP contribution in [0.5, 0.6) is 5.75 Å². The Labute approximate surface area is 166 Å². The van der Waals surface area contributed by atoms with Gasteiger partial charge in [0.05, 0.1) is 6.54 Å². The number of aromatic hydroxyl groups is 1. The number of nitrogens with one attached hydrogen (secondary N) is 1. The average Bonchev–Trinajstić information content (AvgIpc) is 2.66. The lowest BCUT2D eigenvalue weighted by Gasteiger charge is -2.35. The first-order valence-electron chi connectivity index (χ1n) is 9.17. The molecule has 0 saturated heterocycles. The van der Waals surface area contributed by atoms with E-state index in [4.69, 9.17) is 0 Å². The first-order valence-corrected chi connectivity index (χ1v) is 9.17. The number of amides is 2. The van der Waals surface area contributed by atoms with Gasteiger partial charge < -0.3 is 25.0 Å². The van der Waals surface area contributed by atoms with Gasteiger partial charge in [-0.3, -0.25) is 14.4 Å². The standard InChI is InChI=1S/C20H22FN3O5/c1-11(2)8-24-15(25)10-23-9-14(17(26)18(27)16(23)20(24)29)19(28)22-7-12-3-5-13(21)6-4-12/h3-6,9,11,15,25,27H,7-8,10H2,1-2H3,(H,22,28). The average molecular weight is 403 g/mol. The number of pyridine rings is 1. The number of nitrogens with zero attached hydrogens (tertiary/aromatic N) is 2. The van der Waals surface area contributed by atoms with Crippen LogP contribution in [0.15, 0.2) is 35.3 Å². The van der Waals surface area contributed by atoms with E-state index in [-0.39, 0.29) is 36.8 Å². The summed E-state index contributed by atoms with van der Waals surface area (Å²) in [7, 11) is 0. The molecule has 1 aromatic carbocycles. The number of fused-ring (bicyclic) bond motifs is 1. The number of halogens is 1. The number of benzene rings is 1. The number of rotatable bonds is 5. The van der Waals surface area contributed by atoms with E-state index in [0.717, 1.165) is 6.20 Å². The normalized spacial score (nSPS) is 16.1. The Kier molecular flexibility index (Phi) is 5.69. The van der Waals surface area contributed by atoms with Gasteiger partial charge in [-0.2, -0.15) is 0 Å². The SMILES string of the molecule is CC(C)CN1C(=O)c2c(O)c(=O)c(C(=O)NCc3ccc(F)cc3)cn2CC1O. The molecule has 1 aliphatic heterocycles. The van der Waals surface area contributed by atoms with E-state index in [9.17, 15) is 29.0 Å². The Morgan fingerprint density at radius 1 is 1.28 bits per heavy atom. The molecule has 0 spiro atoms. The second-order valence-electron chi connectivity index (χ2n) is 7.36. The van der Waals surface area contributed by atoms with E-state index in [1.807, 2.05) is 13.8 Å². The van der Waals surface area contributed by atoms with Gasteiger partial charge >= 0.3 is 0 Å². The van der Waals surface area contributed by atoms with Crippen LogP contribution in [0.3, 0.4) is 0 Å². The summed E-state index contributed by atoms with van der Waals surface area (Å²) < 4.78 is 14.2. The minimum absolute atomic E-state index is 0.0464. The van der Waals surface area contributed by atoms with Gasteiger partial charge in [-0.25, -0.2) is 4.39 Å². The lowest BCUT2D eigenvalue weighted by Crippen LogP contribution is -2.50. The summed E-state index contributed by atoms with van der Waals surface area (Å²) in [5, 5.41) is 23.1. The molecule has 1 aromatic heterocycles. The first-order chi connectivity index (χ1) is 13.7. The Hall–Kier alpha value is -3.20. The van der Waals surface area contributed by atoms with Gasteiger partial charge in [0, 0.05) is 19.3 Å². The van der Waals surface area contributed by atoms with Crippen LogP contribution in [0.2, 0.25) is 0 Å². The van der Waals surface area contributed by atoms with Crippen LogP contribution >= 0.6 is 0 Å². The highest BCUT2D eigenvalue weighted by molar-refractivity contribution is 5.99. The third-order valence-corrected chi connectivity index (χ3v) is 4.61. The number of aliphatic hydroxyl groups excluding tert-OH is 1. The van der Waals surface area contributed by atoms with Gasteiger partial charge in [0.25, 0.3) is 11.8 Å². The Balaban J connectivity index is 1.87. The van der Waals surface area contributed by atoms with E-state index in [2.05, 4.69) is 5.32 Å². The molecule has 3 N–H and O–H groups in total. The fourth-order valence-corrected chi connectivity index (χ4v) is 3.20. The molecular formula is C20H22FN3O5. The van der Waals surface area contributed by atoms with Gasteiger partial charge in [-0.1, -0.05) is 26.0 Å². The van der Waals surface area contributed by atoms with Crippen molar-refractivity contribution in [3.8, 4) is 5.75 Å². The lowest BCUT2D eigenvalue weighted by molar-refractivity contribution is -0.0168. The van der Waals surface area contributed by atoms with Crippen molar-refractivity contribution in [2.45, 2.75) is 33.2 Å². The van der Waals surface area contributed by atoms with Crippen molar-refractivity contribution >= 4 is 11.8 Å². The van der Waals surface area contributed by atoms with Crippen LogP contribution < -0.4 is 10.7 Å². The minimum atomic E-state index is -1.14. The van der Waals surface area contributed by atoms with Crippen LogP contribution in [0.1, 0.15) is 40.3 Å². The molecule has 2 heterocycles. The molecule has 0 radical (unpaired) electrons. The quantitative estimate of drug-likeness (QED) is 0.691. The summed E-state index contributed by atoms with van der Waals surface area (Å²) in [5.74, 6) is -2.59. The molecule has 29 heavy (non-hydrogen) atoms. The van der Waals surface area contributed by atoms with Gasteiger partial charge in [0.2, 0.25) is 5.43 Å². The second kappa shape index (κ2) is 8.04. The summed E-state index contributed by atoms with van der Waals surface area (Å²) in [6.07, 6.45) is 0.0139. The molecule has 3 rings (SSSR count). The Morgan fingerprint density at radius 3 is 2.55 bits per heavy atom. The summed E-state index contributed by atoms with van der Waals surface area (Å²) in [4.78, 5) is 38.8. The highest BCUT2D eigenvalue weighted by Gasteiger charge is 2.35. The summed E-state index contributed by atoms with van der Waals surface area (Å²) >= 11 is 0. The largest absolute Gasteiger partial charge is 0.503 e. The van der Waals surface area contributed by atoms with Crippen LogP contribution in [0.25, 0.3) is 0 Å². The predicted molar refractivity (Wildman–Crippen MR) is 102 cm³/mol. The third kappa shape index (κ3) is 4.14. The molecule has 1 aliphatic rings. The molecule has 2 aromatic rings. The van der Waals surface area contributed by atoms with Crippen molar-refractivity contribution in [2.24, 2.45) is 5.92 Å². The molecule has 1 atom stereocenters. The van der Waals surface area contributed by atoms with Crippen molar-refractivity contribution in [3.63, 3.8) is 0 Å². The molecule has 9 heteroatoms. The summed E-state index contributed by atoms with van der Waals surface area (Å²) in [5.41, 5.74) is -0.958. The number of carbonyl (C=O) groups excluding carboxylic acids is 2. The molecular weight excluding hydrogens is 381 g/mol. The zero-order valence-corrected chi connectivity index (χ0v) is 16.1. The number of carbonyl (C=O) groups is 2. The first kappa shape index (κ1) is 20.5. The van der Waals surface area contributed by atoms with Gasteiger partial charge in [-0.05, 0) is 23.6 Å². The zero-order chi connectivity index (χ0) is 21.3. The van der Waals surface area contributed by atoms with Crippen LogP contribution in [-0.4, -0.2) is 44.3 Å². The molecule has 0 bridgehead atoms. The molecule has 0 aliphatic carbocycles. The van der Waals surface area contributed by atoms with Crippen molar-refractivity contribution < 1.29 is 24.2 Å².